The summed E-state index contributed by atoms with van der Waals surface area (Å²) in [5.41, 5.74) is -0.582. The van der Waals surface area contributed by atoms with E-state index >= 15 is 0 Å². The van der Waals surface area contributed by atoms with Gasteiger partial charge in [-0.15, -0.1) is 6.58 Å². The van der Waals surface area contributed by atoms with Gasteiger partial charge in [0.05, 0.1) is 11.5 Å². The number of hydrogen-bond donors (Lipinski definition) is 1. The molecule has 0 aromatic carbocycles. The van der Waals surface area contributed by atoms with Crippen molar-refractivity contribution in [3.05, 3.63) is 12.7 Å². The first kappa shape index (κ1) is 17.1. The monoisotopic (exact) mass is 260 g/mol. The number of aliphatic hydroxyl groups is 1. The van der Waals surface area contributed by atoms with E-state index in [9.17, 15) is 9.90 Å². The van der Waals surface area contributed by atoms with Crippen LogP contribution in [0, 0.1) is 5.41 Å². The van der Waals surface area contributed by atoms with E-state index in [0.717, 1.165) is 0 Å². The zero-order valence-electron chi connectivity index (χ0n) is 11.6. The fourth-order valence-electron chi connectivity index (χ4n) is 1.14. The minimum atomic E-state index is -0.899. The Morgan fingerprint density at radius 1 is 1.44 bits per heavy atom. The molecule has 0 aromatic rings. The van der Waals surface area contributed by atoms with Gasteiger partial charge in [0.25, 0.3) is 0 Å². The van der Waals surface area contributed by atoms with Crippen molar-refractivity contribution >= 4 is 5.97 Å². The van der Waals surface area contributed by atoms with Crippen LogP contribution >= 0.6 is 0 Å². The lowest BCUT2D eigenvalue weighted by molar-refractivity contribution is -0.163. The Morgan fingerprint density at radius 3 is 2.50 bits per heavy atom. The van der Waals surface area contributed by atoms with E-state index in [-0.39, 0.29) is 19.4 Å². The van der Waals surface area contributed by atoms with Crippen LogP contribution in [0.3, 0.4) is 0 Å². The minimum absolute atomic E-state index is 0.0722. The lowest BCUT2D eigenvalue weighted by Gasteiger charge is -2.23. The maximum absolute atomic E-state index is 11.5. The quantitative estimate of drug-likeness (QED) is 0.407. The first-order chi connectivity index (χ1) is 8.32. The molecule has 0 aliphatic rings. The summed E-state index contributed by atoms with van der Waals surface area (Å²) in [5.74, 6) is -0.356. The van der Waals surface area contributed by atoms with Gasteiger partial charge in [0.15, 0.2) is 0 Å². The van der Waals surface area contributed by atoms with Crippen LogP contribution in [-0.4, -0.2) is 43.8 Å². The highest BCUT2D eigenvalue weighted by atomic mass is 16.7. The summed E-state index contributed by atoms with van der Waals surface area (Å²) in [6.45, 7) is 8.82. The number of ether oxygens (including phenoxy) is 3. The summed E-state index contributed by atoms with van der Waals surface area (Å²) in [7, 11) is 1.50. The molecule has 0 bridgehead atoms. The van der Waals surface area contributed by atoms with Gasteiger partial charge in [0, 0.05) is 7.11 Å². The molecule has 5 nitrogen and oxygen atoms in total. The van der Waals surface area contributed by atoms with Gasteiger partial charge in [-0.2, -0.15) is 0 Å². The van der Waals surface area contributed by atoms with Crippen LogP contribution in [0.5, 0.6) is 0 Å². The molecule has 0 radical (unpaired) electrons. The third-order valence-electron chi connectivity index (χ3n) is 2.23. The van der Waals surface area contributed by atoms with Crippen molar-refractivity contribution in [2.45, 2.75) is 39.4 Å². The van der Waals surface area contributed by atoms with Crippen LogP contribution in [0.15, 0.2) is 12.7 Å². The second-order valence-electron chi connectivity index (χ2n) is 5.05. The Morgan fingerprint density at radius 2 is 2.06 bits per heavy atom. The van der Waals surface area contributed by atoms with Gasteiger partial charge >= 0.3 is 5.97 Å². The highest BCUT2D eigenvalue weighted by molar-refractivity contribution is 5.75. The van der Waals surface area contributed by atoms with Crippen molar-refractivity contribution in [2.24, 2.45) is 5.41 Å². The van der Waals surface area contributed by atoms with Crippen LogP contribution in [-0.2, 0) is 19.0 Å². The lowest BCUT2D eigenvalue weighted by atomic mass is 9.97. The number of methoxy groups -OCH3 is 1. The maximum atomic E-state index is 11.5. The maximum Gasteiger partial charge on any atom is 0.311 e. The topological polar surface area (TPSA) is 65.0 Å². The average molecular weight is 260 g/mol. The number of carbonyl (C=O) groups is 1. The van der Waals surface area contributed by atoms with Crippen LogP contribution in [0.4, 0.5) is 0 Å². The molecule has 0 fully saturated rings. The average Bonchev–Trinajstić information content (AvgIpc) is 2.29. The summed E-state index contributed by atoms with van der Waals surface area (Å²) in [6.07, 6.45) is 0.701. The van der Waals surface area contributed by atoms with Gasteiger partial charge < -0.3 is 19.3 Å². The van der Waals surface area contributed by atoms with Gasteiger partial charge in [-0.25, -0.2) is 0 Å². The van der Waals surface area contributed by atoms with Crippen LogP contribution in [0.25, 0.3) is 0 Å². The molecule has 0 rings (SSSR count). The third-order valence-corrected chi connectivity index (χ3v) is 2.23. The van der Waals surface area contributed by atoms with Crippen molar-refractivity contribution < 1.29 is 24.1 Å². The fourth-order valence-corrected chi connectivity index (χ4v) is 1.14. The molecule has 0 saturated heterocycles. The zero-order valence-corrected chi connectivity index (χ0v) is 11.6. The molecular formula is C13H24O5. The van der Waals surface area contributed by atoms with Gasteiger partial charge in [0.2, 0.25) is 0 Å². The number of carbonyl (C=O) groups excluding carboxylic acids is 1. The molecule has 5 heteroatoms. The third kappa shape index (κ3) is 6.74. The second kappa shape index (κ2) is 8.24. The summed E-state index contributed by atoms with van der Waals surface area (Å²) in [6, 6.07) is 0. The standard InChI is InChI=1S/C13H24O5/c1-6-7-11(18-9-16-5)10(14)8-17-12(15)13(2,3)4/h6,10-11,14H,1,7-9H2,2-5H3/t10-,11+/m1/s1. The zero-order chi connectivity index (χ0) is 14.2. The normalized spacial score (nSPS) is 14.9. The Kier molecular flexibility index (Phi) is 7.82. The predicted molar refractivity (Wildman–Crippen MR) is 68.0 cm³/mol. The molecule has 0 heterocycles. The summed E-state index contributed by atoms with van der Waals surface area (Å²) in [4.78, 5) is 11.5. The Hall–Kier alpha value is -0.910. The van der Waals surface area contributed by atoms with Gasteiger partial charge in [-0.3, -0.25) is 4.79 Å². The first-order valence-corrected chi connectivity index (χ1v) is 5.89. The SMILES string of the molecule is C=CC[C@H](OCOC)[C@H](O)COC(=O)C(C)(C)C. The summed E-state index contributed by atoms with van der Waals surface area (Å²) < 4.78 is 15.1. The molecule has 1 N–H and O–H groups in total. The molecule has 0 aliphatic carbocycles. The van der Waals surface area contributed by atoms with Crippen molar-refractivity contribution in [1.29, 1.82) is 0 Å². The van der Waals surface area contributed by atoms with E-state index in [4.69, 9.17) is 14.2 Å². The minimum Gasteiger partial charge on any atom is -0.462 e. The van der Waals surface area contributed by atoms with E-state index in [1.165, 1.54) is 7.11 Å². The van der Waals surface area contributed by atoms with Crippen molar-refractivity contribution in [1.82, 2.24) is 0 Å². The van der Waals surface area contributed by atoms with E-state index in [1.807, 2.05) is 0 Å². The van der Waals surface area contributed by atoms with Crippen molar-refractivity contribution in [3.8, 4) is 0 Å². The van der Waals surface area contributed by atoms with Crippen LogP contribution in [0.2, 0.25) is 0 Å². The van der Waals surface area contributed by atoms with E-state index in [2.05, 4.69) is 6.58 Å². The van der Waals surface area contributed by atoms with Crippen LogP contribution in [0.1, 0.15) is 27.2 Å². The highest BCUT2D eigenvalue weighted by Crippen LogP contribution is 2.16. The second-order valence-corrected chi connectivity index (χ2v) is 5.05. The molecule has 0 spiro atoms. The Labute approximate surface area is 109 Å². The Bertz CT molecular complexity index is 257. The summed E-state index contributed by atoms with van der Waals surface area (Å²) in [5, 5.41) is 9.88. The molecular weight excluding hydrogens is 236 g/mol. The van der Waals surface area contributed by atoms with Crippen LogP contribution < -0.4 is 0 Å². The first-order valence-electron chi connectivity index (χ1n) is 5.89. The Balaban J connectivity index is 4.20. The molecule has 106 valence electrons. The summed E-state index contributed by atoms with van der Waals surface area (Å²) >= 11 is 0. The van der Waals surface area contributed by atoms with Gasteiger partial charge in [-0.05, 0) is 27.2 Å². The fraction of sp³-hybridized carbons (Fsp3) is 0.769. The number of hydrogen-bond acceptors (Lipinski definition) is 5. The van der Waals surface area contributed by atoms with Crippen molar-refractivity contribution in [3.63, 3.8) is 0 Å². The largest absolute Gasteiger partial charge is 0.462 e. The van der Waals surface area contributed by atoms with E-state index < -0.39 is 17.6 Å². The van der Waals surface area contributed by atoms with Crippen molar-refractivity contribution in [2.75, 3.05) is 20.5 Å². The van der Waals surface area contributed by atoms with Gasteiger partial charge in [-0.1, -0.05) is 6.08 Å². The molecule has 0 saturated carbocycles. The smallest absolute Gasteiger partial charge is 0.311 e. The number of rotatable bonds is 8. The predicted octanol–water partition coefficient (Wildman–Crippen LogP) is 1.50. The van der Waals surface area contributed by atoms with E-state index in [1.54, 1.807) is 26.8 Å². The number of aliphatic hydroxyl groups excluding tert-OH is 1. The molecule has 0 aromatic heterocycles. The highest BCUT2D eigenvalue weighted by Gasteiger charge is 2.26. The van der Waals surface area contributed by atoms with Gasteiger partial charge in [0.1, 0.15) is 19.5 Å². The molecule has 0 amide bonds. The number of esters is 1. The molecule has 0 aliphatic heterocycles. The molecule has 18 heavy (non-hydrogen) atoms. The lowest BCUT2D eigenvalue weighted by Crippen LogP contribution is -2.36. The molecule has 2 atom stereocenters. The van der Waals surface area contributed by atoms with E-state index in [0.29, 0.717) is 6.42 Å². The molecule has 0 unspecified atom stereocenters.